The molecule has 5 nitrogen and oxygen atoms in total. The lowest BCUT2D eigenvalue weighted by Gasteiger charge is -2.23. The summed E-state index contributed by atoms with van der Waals surface area (Å²) >= 11 is 19.1. The number of amides is 1. The lowest BCUT2D eigenvalue weighted by molar-refractivity contribution is 0.0711. The summed E-state index contributed by atoms with van der Waals surface area (Å²) in [4.78, 5) is 18.1. The van der Waals surface area contributed by atoms with Gasteiger partial charge in [0.25, 0.3) is 5.91 Å². The molecule has 34 heavy (non-hydrogen) atoms. The highest BCUT2D eigenvalue weighted by atomic mass is 35.5. The van der Waals surface area contributed by atoms with Gasteiger partial charge in [0.2, 0.25) is 0 Å². The van der Waals surface area contributed by atoms with E-state index < -0.39 is 6.04 Å². The van der Waals surface area contributed by atoms with Gasteiger partial charge in [-0.15, -0.1) is 0 Å². The van der Waals surface area contributed by atoms with Crippen LogP contribution < -0.4 is 4.74 Å². The van der Waals surface area contributed by atoms with Crippen molar-refractivity contribution in [3.8, 4) is 5.75 Å². The van der Waals surface area contributed by atoms with E-state index in [2.05, 4.69) is 4.98 Å². The number of ether oxygens (including phenoxy) is 1. The number of halogens is 3. The molecule has 0 radical (unpaired) electrons. The first-order valence-corrected chi connectivity index (χ1v) is 11.6. The first-order valence-electron chi connectivity index (χ1n) is 10.5. The fraction of sp³-hybridized carbons (Fsp3) is 0.115. The molecule has 1 unspecified atom stereocenters. The zero-order chi connectivity index (χ0) is 23.8. The number of hydrogen-bond acceptors (Lipinski definition) is 4. The topological polar surface area (TPSA) is 54.8 Å². The molecular weight excluding hydrogens is 493 g/mol. The number of nitrogens with zero attached hydrogens (tertiary/aromatic N) is 3. The van der Waals surface area contributed by atoms with Crippen molar-refractivity contribution in [2.24, 2.45) is 5.10 Å². The van der Waals surface area contributed by atoms with Crippen LogP contribution in [-0.4, -0.2) is 28.7 Å². The van der Waals surface area contributed by atoms with Crippen LogP contribution in [0.3, 0.4) is 0 Å². The summed E-state index contributed by atoms with van der Waals surface area (Å²) in [7, 11) is 1.60. The van der Waals surface area contributed by atoms with Gasteiger partial charge in [-0.2, -0.15) is 5.10 Å². The van der Waals surface area contributed by atoms with Crippen LogP contribution in [-0.2, 0) is 0 Å². The van der Waals surface area contributed by atoms with Gasteiger partial charge in [-0.1, -0.05) is 59.1 Å². The van der Waals surface area contributed by atoms with E-state index >= 15 is 0 Å². The van der Waals surface area contributed by atoms with Gasteiger partial charge >= 0.3 is 0 Å². The van der Waals surface area contributed by atoms with Crippen LogP contribution in [0.25, 0.3) is 10.9 Å². The Hall–Kier alpha value is -3.12. The number of methoxy groups -OCH3 is 1. The molecule has 0 bridgehead atoms. The molecule has 0 spiro atoms. The maximum absolute atomic E-state index is 13.6. The van der Waals surface area contributed by atoms with Crippen LogP contribution in [0.2, 0.25) is 15.2 Å². The third-order valence-electron chi connectivity index (χ3n) is 5.76. The number of aromatic nitrogens is 1. The number of carbonyl (C=O) groups excluding carboxylic acids is 1. The number of rotatable bonds is 4. The normalized spacial score (nSPS) is 15.5. The largest absolute Gasteiger partial charge is 0.497 e. The summed E-state index contributed by atoms with van der Waals surface area (Å²) in [5.74, 6) is 0.374. The third kappa shape index (κ3) is 4.23. The van der Waals surface area contributed by atoms with E-state index in [1.54, 1.807) is 43.5 Å². The molecule has 5 rings (SSSR count). The molecule has 1 amide bonds. The standard InChI is InChI=1S/C26H18Cl3N3O2/c1-34-18-11-8-16-12-20(25(29)30-22(16)13-18)24-14-23(15-6-9-17(27)10-7-15)31-32(24)26(33)19-4-2-3-5-21(19)28/h2-13,24H,14H2,1H3. The van der Waals surface area contributed by atoms with Gasteiger partial charge in [0.15, 0.2) is 0 Å². The van der Waals surface area contributed by atoms with Crippen molar-refractivity contribution in [3.63, 3.8) is 0 Å². The Morgan fingerprint density at radius 2 is 1.76 bits per heavy atom. The maximum Gasteiger partial charge on any atom is 0.276 e. The Morgan fingerprint density at radius 3 is 2.50 bits per heavy atom. The highest BCUT2D eigenvalue weighted by Gasteiger charge is 2.36. The van der Waals surface area contributed by atoms with Crippen molar-refractivity contribution >= 4 is 57.3 Å². The number of pyridine rings is 1. The van der Waals surface area contributed by atoms with Crippen molar-refractivity contribution in [2.75, 3.05) is 7.11 Å². The summed E-state index contributed by atoms with van der Waals surface area (Å²) in [5, 5.41) is 8.32. The van der Waals surface area contributed by atoms with E-state index in [9.17, 15) is 4.79 Å². The summed E-state index contributed by atoms with van der Waals surface area (Å²) in [5.41, 5.74) is 3.39. The Labute approximate surface area is 211 Å². The number of fused-ring (bicyclic) bond motifs is 1. The van der Waals surface area contributed by atoms with Gasteiger partial charge in [0.05, 0.1) is 35.0 Å². The minimum absolute atomic E-state index is 0.301. The highest BCUT2D eigenvalue weighted by Crippen LogP contribution is 2.39. The molecule has 0 N–H and O–H groups in total. The fourth-order valence-corrected chi connectivity index (χ4v) is 4.63. The molecular formula is C26H18Cl3N3O2. The van der Waals surface area contributed by atoms with Crippen LogP contribution >= 0.6 is 34.8 Å². The summed E-state index contributed by atoms with van der Waals surface area (Å²) in [6.45, 7) is 0. The molecule has 8 heteroatoms. The number of hydrogen-bond donors (Lipinski definition) is 0. The van der Waals surface area contributed by atoms with Crippen molar-refractivity contribution in [3.05, 3.63) is 105 Å². The Bertz CT molecular complexity index is 1440. The predicted molar refractivity (Wildman–Crippen MR) is 136 cm³/mol. The van der Waals surface area contributed by atoms with Gasteiger partial charge in [0.1, 0.15) is 10.9 Å². The summed E-state index contributed by atoms with van der Waals surface area (Å²) in [6.07, 6.45) is 0.459. The van der Waals surface area contributed by atoms with Gasteiger partial charge in [-0.25, -0.2) is 9.99 Å². The molecule has 2 heterocycles. The summed E-state index contributed by atoms with van der Waals surface area (Å²) in [6, 6.07) is 21.4. The first kappa shape index (κ1) is 22.7. The maximum atomic E-state index is 13.6. The average Bonchev–Trinajstić information content (AvgIpc) is 3.28. The lowest BCUT2D eigenvalue weighted by atomic mass is 9.98. The smallest absolute Gasteiger partial charge is 0.276 e. The van der Waals surface area contributed by atoms with Gasteiger partial charge in [-0.3, -0.25) is 4.79 Å². The van der Waals surface area contributed by atoms with Crippen molar-refractivity contribution in [1.82, 2.24) is 9.99 Å². The number of hydrazone groups is 1. The average molecular weight is 511 g/mol. The molecule has 0 saturated carbocycles. The molecule has 3 aromatic carbocycles. The molecule has 1 aliphatic rings. The Balaban J connectivity index is 1.61. The number of carbonyl (C=O) groups is 1. The second-order valence-electron chi connectivity index (χ2n) is 7.83. The van der Waals surface area contributed by atoms with E-state index in [0.717, 1.165) is 16.7 Å². The minimum Gasteiger partial charge on any atom is -0.497 e. The van der Waals surface area contributed by atoms with Crippen molar-refractivity contribution in [1.29, 1.82) is 0 Å². The van der Waals surface area contributed by atoms with Crippen LogP contribution in [0, 0.1) is 0 Å². The van der Waals surface area contributed by atoms with Crippen LogP contribution in [0.4, 0.5) is 0 Å². The van der Waals surface area contributed by atoms with Crippen LogP contribution in [0.1, 0.15) is 33.9 Å². The fourth-order valence-electron chi connectivity index (χ4n) is 4.02. The van der Waals surface area contributed by atoms with E-state index in [4.69, 9.17) is 44.6 Å². The Kier molecular flexibility index (Phi) is 6.17. The van der Waals surface area contributed by atoms with E-state index in [1.165, 1.54) is 5.01 Å². The molecule has 1 aromatic heterocycles. The van der Waals surface area contributed by atoms with E-state index in [1.807, 2.05) is 36.4 Å². The van der Waals surface area contributed by atoms with Gasteiger partial charge in [0, 0.05) is 28.5 Å². The van der Waals surface area contributed by atoms with E-state index in [0.29, 0.717) is 44.0 Å². The van der Waals surface area contributed by atoms with Crippen LogP contribution in [0.5, 0.6) is 5.75 Å². The minimum atomic E-state index is -0.457. The SMILES string of the molecule is COc1ccc2cc(C3CC(c4ccc(Cl)cc4)=NN3C(=O)c3ccccc3Cl)c(Cl)nc2c1. The Morgan fingerprint density at radius 1 is 1.00 bits per heavy atom. The predicted octanol–water partition coefficient (Wildman–Crippen LogP) is 7.20. The third-order valence-corrected chi connectivity index (χ3v) is 6.65. The first-order chi connectivity index (χ1) is 16.4. The zero-order valence-electron chi connectivity index (χ0n) is 18.0. The molecule has 1 atom stereocenters. The summed E-state index contributed by atoms with van der Waals surface area (Å²) < 4.78 is 5.30. The number of benzene rings is 3. The zero-order valence-corrected chi connectivity index (χ0v) is 20.3. The molecule has 0 aliphatic carbocycles. The molecule has 0 saturated heterocycles. The second-order valence-corrected chi connectivity index (χ2v) is 9.03. The van der Waals surface area contributed by atoms with Crippen molar-refractivity contribution < 1.29 is 9.53 Å². The molecule has 170 valence electrons. The van der Waals surface area contributed by atoms with E-state index in [-0.39, 0.29) is 5.91 Å². The molecule has 4 aromatic rings. The lowest BCUT2D eigenvalue weighted by Crippen LogP contribution is -2.27. The van der Waals surface area contributed by atoms with Crippen molar-refractivity contribution in [2.45, 2.75) is 12.5 Å². The van der Waals surface area contributed by atoms with Gasteiger partial charge in [-0.05, 0) is 48.0 Å². The second kappa shape index (κ2) is 9.26. The molecule has 0 fully saturated rings. The quantitative estimate of drug-likeness (QED) is 0.273. The van der Waals surface area contributed by atoms with Crippen LogP contribution in [0.15, 0.2) is 77.9 Å². The highest BCUT2D eigenvalue weighted by molar-refractivity contribution is 6.34. The molecule has 1 aliphatic heterocycles. The van der Waals surface area contributed by atoms with Gasteiger partial charge < -0.3 is 4.74 Å². The monoisotopic (exact) mass is 509 g/mol.